The van der Waals surface area contributed by atoms with Gasteiger partial charge < -0.3 is 10.6 Å². The zero-order chi connectivity index (χ0) is 20.1. The van der Waals surface area contributed by atoms with Gasteiger partial charge in [0, 0.05) is 11.9 Å². The minimum Gasteiger partial charge on any atom is -0.354 e. The van der Waals surface area contributed by atoms with Gasteiger partial charge in [-0.05, 0) is 36.2 Å². The lowest BCUT2D eigenvalue weighted by Crippen LogP contribution is -2.14. The van der Waals surface area contributed by atoms with Crippen molar-refractivity contribution in [2.45, 2.75) is 19.5 Å². The van der Waals surface area contributed by atoms with Crippen molar-refractivity contribution in [3.63, 3.8) is 0 Å². The Kier molecular flexibility index (Phi) is 5.63. The van der Waals surface area contributed by atoms with Crippen LogP contribution in [0.3, 0.4) is 0 Å². The van der Waals surface area contributed by atoms with E-state index in [4.69, 9.17) is 0 Å². The van der Waals surface area contributed by atoms with Gasteiger partial charge >= 0.3 is 6.18 Å². The van der Waals surface area contributed by atoms with Crippen molar-refractivity contribution in [1.82, 2.24) is 4.98 Å². The number of alkyl halides is 3. The van der Waals surface area contributed by atoms with Crippen LogP contribution >= 0.6 is 0 Å². The Labute approximate surface area is 160 Å². The largest absolute Gasteiger partial charge is 0.418 e. The molecule has 0 aliphatic rings. The number of nitrogens with one attached hydrogen (secondary N) is 2. The Morgan fingerprint density at radius 1 is 1.00 bits per heavy atom. The minimum absolute atomic E-state index is 0.106. The molecule has 0 radical (unpaired) electrons. The fourth-order valence-corrected chi connectivity index (χ4v) is 2.77. The van der Waals surface area contributed by atoms with E-state index in [1.165, 1.54) is 36.7 Å². The monoisotopic (exact) mass is 385 g/mol. The maximum absolute atomic E-state index is 13.2. The third-order valence-corrected chi connectivity index (χ3v) is 4.16. The first-order valence-corrected chi connectivity index (χ1v) is 8.66. The number of carbonyl (C=O) groups is 1. The number of hydrogen-bond acceptors (Lipinski definition) is 3. The van der Waals surface area contributed by atoms with Gasteiger partial charge in [0.25, 0.3) is 5.91 Å². The second-order valence-corrected chi connectivity index (χ2v) is 6.10. The molecule has 0 unspecified atom stereocenters. The van der Waals surface area contributed by atoms with Crippen LogP contribution in [0.25, 0.3) is 0 Å². The Morgan fingerprint density at radius 3 is 2.39 bits per heavy atom. The molecule has 0 atom stereocenters. The molecule has 1 heterocycles. The van der Waals surface area contributed by atoms with Gasteiger partial charge in [0.2, 0.25) is 0 Å². The summed E-state index contributed by atoms with van der Waals surface area (Å²) in [6.07, 6.45) is -1.00. The summed E-state index contributed by atoms with van der Waals surface area (Å²) >= 11 is 0. The van der Waals surface area contributed by atoms with Crippen molar-refractivity contribution in [2.24, 2.45) is 0 Å². The maximum atomic E-state index is 13.2. The molecule has 7 heteroatoms. The number of rotatable bonds is 5. The first-order chi connectivity index (χ1) is 13.4. The average molecular weight is 385 g/mol. The highest BCUT2D eigenvalue weighted by Gasteiger charge is 2.33. The highest BCUT2D eigenvalue weighted by atomic mass is 19.4. The Balaban J connectivity index is 1.83. The lowest BCUT2D eigenvalue weighted by Gasteiger charge is -2.15. The average Bonchev–Trinajstić information content (AvgIpc) is 2.68. The van der Waals surface area contributed by atoms with Gasteiger partial charge in [-0.2, -0.15) is 13.2 Å². The summed E-state index contributed by atoms with van der Waals surface area (Å²) in [5.41, 5.74) is 1.30. The van der Waals surface area contributed by atoms with Crippen LogP contribution in [0.15, 0.2) is 67.0 Å². The molecule has 3 rings (SSSR count). The first-order valence-electron chi connectivity index (χ1n) is 8.66. The van der Waals surface area contributed by atoms with E-state index in [1.54, 1.807) is 6.07 Å². The van der Waals surface area contributed by atoms with Gasteiger partial charge in [0.15, 0.2) is 0 Å². The number of para-hydroxylation sites is 2. The van der Waals surface area contributed by atoms with E-state index >= 15 is 0 Å². The number of hydrogen-bond donors (Lipinski definition) is 2. The number of anilines is 3. The number of halogens is 3. The molecule has 0 fully saturated rings. The number of aryl methyl sites for hydroxylation is 1. The summed E-state index contributed by atoms with van der Waals surface area (Å²) in [6.45, 7) is 1.98. The van der Waals surface area contributed by atoms with E-state index in [9.17, 15) is 18.0 Å². The third kappa shape index (κ3) is 4.49. The smallest absolute Gasteiger partial charge is 0.354 e. The summed E-state index contributed by atoms with van der Waals surface area (Å²) in [5.74, 6) is -0.388. The molecule has 1 aromatic heterocycles. The molecule has 0 saturated heterocycles. The summed E-state index contributed by atoms with van der Waals surface area (Å²) < 4.78 is 39.5. The predicted octanol–water partition coefficient (Wildman–Crippen LogP) is 5.66. The number of aromatic nitrogens is 1. The van der Waals surface area contributed by atoms with Gasteiger partial charge in [-0.25, -0.2) is 0 Å². The third-order valence-electron chi connectivity index (χ3n) is 4.16. The molecular formula is C21H18F3N3O. The second kappa shape index (κ2) is 8.12. The van der Waals surface area contributed by atoms with E-state index in [0.717, 1.165) is 18.1 Å². The zero-order valence-electron chi connectivity index (χ0n) is 15.0. The number of benzene rings is 2. The van der Waals surface area contributed by atoms with Crippen LogP contribution in [0.2, 0.25) is 0 Å². The van der Waals surface area contributed by atoms with Gasteiger partial charge in [-0.3, -0.25) is 9.78 Å². The number of nitrogens with zero attached hydrogens (tertiary/aromatic N) is 1. The van der Waals surface area contributed by atoms with Gasteiger partial charge in [0.05, 0.1) is 28.7 Å². The van der Waals surface area contributed by atoms with E-state index in [0.29, 0.717) is 5.69 Å². The quantitative estimate of drug-likeness (QED) is 0.596. The Morgan fingerprint density at radius 2 is 1.68 bits per heavy atom. The first kappa shape index (κ1) is 19.4. The highest BCUT2D eigenvalue weighted by molar-refractivity contribution is 6.05. The van der Waals surface area contributed by atoms with Crippen molar-refractivity contribution in [2.75, 3.05) is 10.6 Å². The predicted molar refractivity (Wildman–Crippen MR) is 103 cm³/mol. The fourth-order valence-electron chi connectivity index (χ4n) is 2.77. The van der Waals surface area contributed by atoms with Crippen LogP contribution in [0, 0.1) is 0 Å². The molecule has 2 aromatic carbocycles. The zero-order valence-corrected chi connectivity index (χ0v) is 15.0. The van der Waals surface area contributed by atoms with E-state index in [-0.39, 0.29) is 22.8 Å². The van der Waals surface area contributed by atoms with Crippen molar-refractivity contribution < 1.29 is 18.0 Å². The van der Waals surface area contributed by atoms with Crippen molar-refractivity contribution in [3.8, 4) is 0 Å². The lowest BCUT2D eigenvalue weighted by molar-refractivity contribution is -0.136. The molecule has 0 aliphatic heterocycles. The number of amides is 1. The van der Waals surface area contributed by atoms with Crippen molar-refractivity contribution in [3.05, 3.63) is 83.7 Å². The summed E-state index contributed by atoms with van der Waals surface area (Å²) in [4.78, 5) is 16.5. The number of pyridine rings is 1. The van der Waals surface area contributed by atoms with E-state index in [2.05, 4.69) is 15.6 Å². The van der Waals surface area contributed by atoms with Crippen molar-refractivity contribution >= 4 is 23.0 Å². The standard InChI is InChI=1S/C21H18F3N3O/c1-2-14-7-3-5-9-18(14)27-20(28)15-11-16(13-25-12-15)26-19-10-6-4-8-17(19)21(22,23)24/h3-13,26H,2H2,1H3,(H,27,28). The second-order valence-electron chi connectivity index (χ2n) is 6.10. The molecule has 0 bridgehead atoms. The topological polar surface area (TPSA) is 54.0 Å². The number of carbonyl (C=O) groups excluding carboxylic acids is 1. The molecule has 1 amide bonds. The van der Waals surface area contributed by atoms with Gasteiger partial charge in [0.1, 0.15) is 0 Å². The molecule has 144 valence electrons. The molecule has 2 N–H and O–H groups in total. The lowest BCUT2D eigenvalue weighted by atomic mass is 10.1. The molecule has 0 aliphatic carbocycles. The van der Waals surface area contributed by atoms with Crippen LogP contribution in [0.5, 0.6) is 0 Å². The molecular weight excluding hydrogens is 367 g/mol. The maximum Gasteiger partial charge on any atom is 0.418 e. The minimum atomic E-state index is -4.49. The van der Waals surface area contributed by atoms with Crippen LogP contribution < -0.4 is 10.6 Å². The van der Waals surface area contributed by atoms with Gasteiger partial charge in [-0.15, -0.1) is 0 Å². The highest BCUT2D eigenvalue weighted by Crippen LogP contribution is 2.35. The van der Waals surface area contributed by atoms with Crippen LogP contribution in [-0.4, -0.2) is 10.9 Å². The molecule has 0 saturated carbocycles. The van der Waals surface area contributed by atoms with Crippen molar-refractivity contribution in [1.29, 1.82) is 0 Å². The van der Waals surface area contributed by atoms with Crippen LogP contribution in [-0.2, 0) is 12.6 Å². The Bertz CT molecular complexity index is 986. The Hall–Kier alpha value is -3.35. The van der Waals surface area contributed by atoms with Crippen LogP contribution in [0.4, 0.5) is 30.2 Å². The van der Waals surface area contributed by atoms with E-state index in [1.807, 2.05) is 25.1 Å². The summed E-state index contributed by atoms with van der Waals surface area (Å²) in [5, 5.41) is 5.52. The molecule has 0 spiro atoms. The summed E-state index contributed by atoms with van der Waals surface area (Å²) in [7, 11) is 0. The molecule has 3 aromatic rings. The van der Waals surface area contributed by atoms with Crippen LogP contribution in [0.1, 0.15) is 28.4 Å². The summed E-state index contributed by atoms with van der Waals surface area (Å²) in [6, 6.07) is 14.0. The SMILES string of the molecule is CCc1ccccc1NC(=O)c1cncc(Nc2ccccc2C(F)(F)F)c1. The fraction of sp³-hybridized carbons (Fsp3) is 0.143. The van der Waals surface area contributed by atoms with E-state index < -0.39 is 11.7 Å². The molecule has 28 heavy (non-hydrogen) atoms. The van der Waals surface area contributed by atoms with Gasteiger partial charge in [-0.1, -0.05) is 37.3 Å². The molecule has 4 nitrogen and oxygen atoms in total. The normalized spacial score (nSPS) is 11.1.